The van der Waals surface area contributed by atoms with Crippen LogP contribution >= 0.6 is 0 Å². The third kappa shape index (κ3) is 4.98. The molecule has 1 aromatic rings. The van der Waals surface area contributed by atoms with E-state index >= 15 is 0 Å². The van der Waals surface area contributed by atoms with Gasteiger partial charge in [0, 0.05) is 13.1 Å². The SMILES string of the molecule is Cc1cc(/C=C/C2CCN(C(=O)OC(C)(C)C)CC2)cc(F)c1O. The van der Waals surface area contributed by atoms with Gasteiger partial charge in [-0.1, -0.05) is 12.2 Å². The van der Waals surface area contributed by atoms with Gasteiger partial charge in [-0.3, -0.25) is 0 Å². The van der Waals surface area contributed by atoms with Crippen LogP contribution in [0, 0.1) is 18.7 Å². The lowest BCUT2D eigenvalue weighted by molar-refractivity contribution is 0.0197. The highest BCUT2D eigenvalue weighted by Crippen LogP contribution is 2.25. The number of hydrogen-bond donors (Lipinski definition) is 1. The molecule has 0 radical (unpaired) electrons. The summed E-state index contributed by atoms with van der Waals surface area (Å²) >= 11 is 0. The van der Waals surface area contributed by atoms with Crippen LogP contribution < -0.4 is 0 Å². The Kier molecular flexibility index (Phi) is 5.52. The van der Waals surface area contributed by atoms with Gasteiger partial charge >= 0.3 is 6.09 Å². The summed E-state index contributed by atoms with van der Waals surface area (Å²) < 4.78 is 18.9. The summed E-state index contributed by atoms with van der Waals surface area (Å²) in [6.45, 7) is 8.58. The van der Waals surface area contributed by atoms with E-state index in [1.165, 1.54) is 6.07 Å². The van der Waals surface area contributed by atoms with Crippen molar-refractivity contribution in [1.29, 1.82) is 0 Å². The lowest BCUT2D eigenvalue weighted by Crippen LogP contribution is -2.41. The third-order valence-corrected chi connectivity index (χ3v) is 4.03. The molecule has 1 aliphatic rings. The fourth-order valence-corrected chi connectivity index (χ4v) is 2.71. The summed E-state index contributed by atoms with van der Waals surface area (Å²) in [6, 6.07) is 3.08. The Morgan fingerprint density at radius 3 is 2.50 bits per heavy atom. The first kappa shape index (κ1) is 18.3. The summed E-state index contributed by atoms with van der Waals surface area (Å²) in [5.74, 6) is -0.548. The van der Waals surface area contributed by atoms with Crippen molar-refractivity contribution in [2.45, 2.75) is 46.1 Å². The predicted octanol–water partition coefficient (Wildman–Crippen LogP) is 4.50. The Bertz CT molecular complexity index is 603. The molecule has 2 rings (SSSR count). The average Bonchev–Trinajstić information content (AvgIpc) is 2.49. The van der Waals surface area contributed by atoms with Crippen LogP contribution in [0.1, 0.15) is 44.7 Å². The summed E-state index contributed by atoms with van der Waals surface area (Å²) in [5, 5.41) is 9.46. The number of hydrogen-bond acceptors (Lipinski definition) is 3. The van der Waals surface area contributed by atoms with Crippen LogP contribution in [-0.4, -0.2) is 34.8 Å². The zero-order chi connectivity index (χ0) is 17.9. The van der Waals surface area contributed by atoms with Crippen LogP contribution in [0.5, 0.6) is 5.75 Å². The molecule has 4 nitrogen and oxygen atoms in total. The number of amides is 1. The number of rotatable bonds is 2. The first-order valence-corrected chi connectivity index (χ1v) is 8.31. The number of ether oxygens (including phenoxy) is 1. The summed E-state index contributed by atoms with van der Waals surface area (Å²) in [6.07, 6.45) is 5.38. The molecule has 1 fully saturated rings. The van der Waals surface area contributed by atoms with Crippen molar-refractivity contribution in [3.05, 3.63) is 35.2 Å². The molecule has 24 heavy (non-hydrogen) atoms. The maximum Gasteiger partial charge on any atom is 0.410 e. The number of piperidine rings is 1. The molecule has 5 heteroatoms. The number of allylic oxidation sites excluding steroid dienone is 1. The Hall–Kier alpha value is -2.04. The zero-order valence-corrected chi connectivity index (χ0v) is 14.8. The van der Waals surface area contributed by atoms with Gasteiger partial charge in [-0.25, -0.2) is 9.18 Å². The van der Waals surface area contributed by atoms with Crippen LogP contribution in [0.25, 0.3) is 6.08 Å². The second-order valence-electron chi connectivity index (χ2n) is 7.33. The van der Waals surface area contributed by atoms with Gasteiger partial charge in [0.1, 0.15) is 5.60 Å². The molecule has 0 saturated carbocycles. The molecule has 1 amide bonds. The Labute approximate surface area is 142 Å². The topological polar surface area (TPSA) is 49.8 Å². The van der Waals surface area contributed by atoms with Crippen molar-refractivity contribution in [1.82, 2.24) is 4.90 Å². The molecular formula is C19H26FNO3. The van der Waals surface area contributed by atoms with Crippen LogP contribution in [-0.2, 0) is 4.74 Å². The van der Waals surface area contributed by atoms with Gasteiger partial charge in [-0.2, -0.15) is 0 Å². The Morgan fingerprint density at radius 2 is 1.96 bits per heavy atom. The van der Waals surface area contributed by atoms with Crippen LogP contribution in [0.2, 0.25) is 0 Å². The van der Waals surface area contributed by atoms with Crippen LogP contribution in [0.3, 0.4) is 0 Å². The molecule has 0 aliphatic carbocycles. The molecule has 132 valence electrons. The first-order chi connectivity index (χ1) is 11.2. The number of carbonyl (C=O) groups excluding carboxylic acids is 1. The molecule has 1 aromatic carbocycles. The lowest BCUT2D eigenvalue weighted by atomic mass is 9.95. The number of aryl methyl sites for hydroxylation is 1. The fraction of sp³-hybridized carbons (Fsp3) is 0.526. The summed E-state index contributed by atoms with van der Waals surface area (Å²) in [4.78, 5) is 13.8. The second-order valence-corrected chi connectivity index (χ2v) is 7.33. The predicted molar refractivity (Wildman–Crippen MR) is 92.4 cm³/mol. The smallest absolute Gasteiger partial charge is 0.410 e. The number of phenols is 1. The van der Waals surface area contributed by atoms with Crippen molar-refractivity contribution < 1.29 is 19.0 Å². The maximum absolute atomic E-state index is 13.5. The van der Waals surface area contributed by atoms with Crippen molar-refractivity contribution in [3.63, 3.8) is 0 Å². The van der Waals surface area contributed by atoms with E-state index in [9.17, 15) is 14.3 Å². The highest BCUT2D eigenvalue weighted by Gasteiger charge is 2.25. The number of carbonyl (C=O) groups is 1. The molecule has 1 heterocycles. The van der Waals surface area contributed by atoms with Gasteiger partial charge in [0.25, 0.3) is 0 Å². The van der Waals surface area contributed by atoms with E-state index in [4.69, 9.17) is 4.74 Å². The summed E-state index contributed by atoms with van der Waals surface area (Å²) in [5.41, 5.74) is 0.779. The number of likely N-dealkylation sites (tertiary alicyclic amines) is 1. The van der Waals surface area contributed by atoms with Crippen molar-refractivity contribution in [2.24, 2.45) is 5.92 Å². The number of phenolic OH excluding ortho intramolecular Hbond substituents is 1. The van der Waals surface area contributed by atoms with Gasteiger partial charge in [-0.05, 0) is 69.7 Å². The minimum absolute atomic E-state index is 0.263. The molecular weight excluding hydrogens is 309 g/mol. The van der Waals surface area contributed by atoms with Crippen molar-refractivity contribution in [3.8, 4) is 5.75 Å². The number of nitrogens with zero attached hydrogens (tertiary/aromatic N) is 1. The van der Waals surface area contributed by atoms with Crippen LogP contribution in [0.15, 0.2) is 18.2 Å². The minimum atomic E-state index is -0.602. The number of halogens is 1. The largest absolute Gasteiger partial charge is 0.505 e. The van der Waals surface area contributed by atoms with Gasteiger partial charge in [0.15, 0.2) is 11.6 Å². The standard InChI is InChI=1S/C19H26FNO3/c1-13-11-15(12-16(20)17(13)22)6-5-14-7-9-21(10-8-14)18(23)24-19(2,3)4/h5-6,11-12,14,22H,7-10H2,1-4H3/b6-5+. The van der Waals surface area contributed by atoms with E-state index in [0.29, 0.717) is 24.6 Å². The van der Waals surface area contributed by atoms with Gasteiger partial charge in [-0.15, -0.1) is 0 Å². The highest BCUT2D eigenvalue weighted by atomic mass is 19.1. The number of aromatic hydroxyl groups is 1. The molecule has 0 aromatic heterocycles. The van der Waals surface area contributed by atoms with Crippen molar-refractivity contribution in [2.75, 3.05) is 13.1 Å². The number of benzene rings is 1. The molecule has 1 N–H and O–H groups in total. The van der Waals surface area contributed by atoms with Gasteiger partial charge < -0.3 is 14.7 Å². The van der Waals surface area contributed by atoms with E-state index in [-0.39, 0.29) is 11.8 Å². The van der Waals surface area contributed by atoms with E-state index in [2.05, 4.69) is 6.08 Å². The quantitative estimate of drug-likeness (QED) is 0.866. The molecule has 1 aliphatic heterocycles. The third-order valence-electron chi connectivity index (χ3n) is 4.03. The Balaban J connectivity index is 1.90. The molecule has 0 unspecified atom stereocenters. The van der Waals surface area contributed by atoms with E-state index in [0.717, 1.165) is 18.4 Å². The molecule has 0 bridgehead atoms. The maximum atomic E-state index is 13.5. The second kappa shape index (κ2) is 7.24. The fourth-order valence-electron chi connectivity index (χ4n) is 2.71. The molecule has 0 spiro atoms. The Morgan fingerprint density at radius 1 is 1.33 bits per heavy atom. The molecule has 0 atom stereocenters. The van der Waals surface area contributed by atoms with E-state index < -0.39 is 11.4 Å². The monoisotopic (exact) mass is 335 g/mol. The normalized spacial score (nSPS) is 16.6. The van der Waals surface area contributed by atoms with E-state index in [1.807, 2.05) is 26.8 Å². The summed E-state index contributed by atoms with van der Waals surface area (Å²) in [7, 11) is 0. The van der Waals surface area contributed by atoms with Gasteiger partial charge in [0.2, 0.25) is 0 Å². The first-order valence-electron chi connectivity index (χ1n) is 8.31. The highest BCUT2D eigenvalue weighted by molar-refractivity contribution is 5.68. The average molecular weight is 335 g/mol. The molecule has 1 saturated heterocycles. The zero-order valence-electron chi connectivity index (χ0n) is 14.8. The lowest BCUT2D eigenvalue weighted by Gasteiger charge is -2.32. The van der Waals surface area contributed by atoms with Gasteiger partial charge in [0.05, 0.1) is 0 Å². The van der Waals surface area contributed by atoms with E-state index in [1.54, 1.807) is 17.9 Å². The van der Waals surface area contributed by atoms with Crippen LogP contribution in [0.4, 0.5) is 9.18 Å². The van der Waals surface area contributed by atoms with Crippen molar-refractivity contribution >= 4 is 12.2 Å². The minimum Gasteiger partial charge on any atom is -0.505 e.